The number of rotatable bonds is 3. The summed E-state index contributed by atoms with van der Waals surface area (Å²) in [4.78, 5) is 6.73. The van der Waals surface area contributed by atoms with E-state index in [-0.39, 0.29) is 5.54 Å². The number of hydrogen-bond acceptors (Lipinski definition) is 2. The van der Waals surface area contributed by atoms with Crippen molar-refractivity contribution in [3.05, 3.63) is 0 Å². The molecule has 0 unspecified atom stereocenters. The van der Waals surface area contributed by atoms with Crippen LogP contribution in [0.3, 0.4) is 0 Å². The van der Waals surface area contributed by atoms with E-state index in [2.05, 4.69) is 55.1 Å². The van der Waals surface area contributed by atoms with E-state index in [1.165, 1.54) is 6.42 Å². The highest BCUT2D eigenvalue weighted by Gasteiger charge is 2.30. The van der Waals surface area contributed by atoms with Crippen LogP contribution >= 0.6 is 0 Å². The zero-order valence-corrected chi connectivity index (χ0v) is 12.9. The maximum atomic E-state index is 4.37. The van der Waals surface area contributed by atoms with Gasteiger partial charge in [0, 0.05) is 38.8 Å². The molecule has 1 heterocycles. The van der Waals surface area contributed by atoms with Crippen molar-refractivity contribution in [2.75, 3.05) is 33.2 Å². The smallest absolute Gasteiger partial charge is 0.193 e. The summed E-state index contributed by atoms with van der Waals surface area (Å²) in [6, 6.07) is 0. The second-order valence-electron chi connectivity index (χ2n) is 6.99. The standard InChI is InChI=1S/C14H30N4/c1-13(2,3)17-9-8-16-12(15-6)18-10-7-14(4,5)11-18/h17H,7-11H2,1-6H3,(H,15,16). The van der Waals surface area contributed by atoms with Crippen LogP contribution in [0.4, 0.5) is 0 Å². The van der Waals surface area contributed by atoms with E-state index in [0.717, 1.165) is 32.1 Å². The van der Waals surface area contributed by atoms with Crippen molar-refractivity contribution < 1.29 is 0 Å². The van der Waals surface area contributed by atoms with E-state index in [1.54, 1.807) is 0 Å². The molecule has 4 heteroatoms. The van der Waals surface area contributed by atoms with Crippen LogP contribution in [0, 0.1) is 5.41 Å². The molecule has 0 aromatic rings. The maximum Gasteiger partial charge on any atom is 0.193 e. The summed E-state index contributed by atoms with van der Waals surface area (Å²) < 4.78 is 0. The van der Waals surface area contributed by atoms with Crippen LogP contribution in [-0.2, 0) is 0 Å². The Hall–Kier alpha value is -0.770. The van der Waals surface area contributed by atoms with Crippen molar-refractivity contribution >= 4 is 5.96 Å². The molecule has 0 saturated carbocycles. The Labute approximate surface area is 112 Å². The first kappa shape index (κ1) is 15.3. The molecule has 1 saturated heterocycles. The molecular weight excluding hydrogens is 224 g/mol. The van der Waals surface area contributed by atoms with Crippen LogP contribution in [0.25, 0.3) is 0 Å². The van der Waals surface area contributed by atoms with Crippen molar-refractivity contribution in [1.82, 2.24) is 15.5 Å². The Bertz CT molecular complexity index is 289. The van der Waals surface area contributed by atoms with Crippen LogP contribution in [0.15, 0.2) is 4.99 Å². The number of guanidine groups is 1. The molecule has 18 heavy (non-hydrogen) atoms. The molecule has 0 aromatic carbocycles. The second kappa shape index (κ2) is 5.91. The largest absolute Gasteiger partial charge is 0.355 e. The third-order valence-electron chi connectivity index (χ3n) is 3.25. The van der Waals surface area contributed by atoms with Crippen LogP contribution in [0.5, 0.6) is 0 Å². The highest BCUT2D eigenvalue weighted by molar-refractivity contribution is 5.80. The summed E-state index contributed by atoms with van der Waals surface area (Å²) in [7, 11) is 1.87. The Morgan fingerprint density at radius 1 is 1.28 bits per heavy atom. The minimum Gasteiger partial charge on any atom is -0.355 e. The van der Waals surface area contributed by atoms with Crippen molar-refractivity contribution in [1.29, 1.82) is 0 Å². The van der Waals surface area contributed by atoms with E-state index in [0.29, 0.717) is 5.41 Å². The number of nitrogens with zero attached hydrogens (tertiary/aromatic N) is 2. The SMILES string of the molecule is CN=C(NCCNC(C)(C)C)N1CCC(C)(C)C1. The minimum absolute atomic E-state index is 0.181. The van der Waals surface area contributed by atoms with Gasteiger partial charge in [-0.1, -0.05) is 13.8 Å². The molecule has 0 aromatic heterocycles. The Kier molecular flexibility index (Phi) is 5.02. The van der Waals surface area contributed by atoms with Crippen LogP contribution in [0.2, 0.25) is 0 Å². The lowest BCUT2D eigenvalue weighted by Crippen LogP contribution is -2.45. The van der Waals surface area contributed by atoms with Gasteiger partial charge < -0.3 is 15.5 Å². The minimum atomic E-state index is 0.181. The number of likely N-dealkylation sites (tertiary alicyclic amines) is 1. The number of aliphatic imine (C=N–C) groups is 1. The summed E-state index contributed by atoms with van der Waals surface area (Å²) in [5.74, 6) is 1.04. The summed E-state index contributed by atoms with van der Waals surface area (Å²) in [5.41, 5.74) is 0.599. The Morgan fingerprint density at radius 3 is 2.39 bits per heavy atom. The predicted molar refractivity (Wildman–Crippen MR) is 79.1 cm³/mol. The quantitative estimate of drug-likeness (QED) is 0.457. The molecule has 1 fully saturated rings. The predicted octanol–water partition coefficient (Wildman–Crippen LogP) is 1.68. The van der Waals surface area contributed by atoms with E-state index >= 15 is 0 Å². The zero-order chi connectivity index (χ0) is 13.8. The van der Waals surface area contributed by atoms with Crippen molar-refractivity contribution in [2.45, 2.75) is 46.6 Å². The van der Waals surface area contributed by atoms with Gasteiger partial charge >= 0.3 is 0 Å². The Morgan fingerprint density at radius 2 is 1.94 bits per heavy atom. The third-order valence-corrected chi connectivity index (χ3v) is 3.25. The van der Waals surface area contributed by atoms with E-state index < -0.39 is 0 Å². The van der Waals surface area contributed by atoms with Gasteiger partial charge in [-0.3, -0.25) is 4.99 Å². The van der Waals surface area contributed by atoms with Crippen molar-refractivity contribution in [2.24, 2.45) is 10.4 Å². The van der Waals surface area contributed by atoms with Gasteiger partial charge in [0.25, 0.3) is 0 Å². The normalized spacial score (nSPS) is 20.3. The zero-order valence-electron chi connectivity index (χ0n) is 12.9. The van der Waals surface area contributed by atoms with E-state index in [9.17, 15) is 0 Å². The van der Waals surface area contributed by atoms with Crippen molar-refractivity contribution in [3.63, 3.8) is 0 Å². The highest BCUT2D eigenvalue weighted by Crippen LogP contribution is 2.28. The molecule has 1 aliphatic heterocycles. The fourth-order valence-electron chi connectivity index (χ4n) is 2.24. The first-order chi connectivity index (χ1) is 8.23. The summed E-state index contributed by atoms with van der Waals surface area (Å²) in [6.45, 7) is 15.3. The van der Waals surface area contributed by atoms with Gasteiger partial charge in [-0.25, -0.2) is 0 Å². The van der Waals surface area contributed by atoms with Gasteiger partial charge in [0.1, 0.15) is 0 Å². The molecular formula is C14H30N4. The molecule has 1 aliphatic rings. The first-order valence-electron chi connectivity index (χ1n) is 6.94. The fourth-order valence-corrected chi connectivity index (χ4v) is 2.24. The maximum absolute atomic E-state index is 4.37. The Balaban J connectivity index is 2.32. The van der Waals surface area contributed by atoms with Gasteiger partial charge in [0.2, 0.25) is 0 Å². The molecule has 0 spiro atoms. The highest BCUT2D eigenvalue weighted by atomic mass is 15.3. The lowest BCUT2D eigenvalue weighted by molar-refractivity contribution is 0.369. The van der Waals surface area contributed by atoms with Crippen LogP contribution < -0.4 is 10.6 Å². The van der Waals surface area contributed by atoms with Gasteiger partial charge in [-0.15, -0.1) is 0 Å². The molecule has 0 amide bonds. The van der Waals surface area contributed by atoms with Crippen LogP contribution in [0.1, 0.15) is 41.0 Å². The molecule has 0 atom stereocenters. The fraction of sp³-hybridized carbons (Fsp3) is 0.929. The molecule has 1 rings (SSSR count). The summed E-state index contributed by atoms with van der Waals surface area (Å²) in [6.07, 6.45) is 1.24. The van der Waals surface area contributed by atoms with E-state index in [1.807, 2.05) is 7.05 Å². The molecule has 4 nitrogen and oxygen atoms in total. The first-order valence-corrected chi connectivity index (χ1v) is 6.94. The molecule has 0 bridgehead atoms. The summed E-state index contributed by atoms with van der Waals surface area (Å²) >= 11 is 0. The number of hydrogen-bond donors (Lipinski definition) is 2. The van der Waals surface area contributed by atoms with Gasteiger partial charge in [0.15, 0.2) is 5.96 Å². The molecule has 0 aliphatic carbocycles. The molecule has 2 N–H and O–H groups in total. The van der Waals surface area contributed by atoms with Crippen molar-refractivity contribution in [3.8, 4) is 0 Å². The lowest BCUT2D eigenvalue weighted by Gasteiger charge is -2.25. The molecule has 106 valence electrons. The second-order valence-corrected chi connectivity index (χ2v) is 6.99. The van der Waals surface area contributed by atoms with Gasteiger partial charge in [-0.05, 0) is 32.6 Å². The summed E-state index contributed by atoms with van der Waals surface area (Å²) in [5, 5.41) is 6.91. The van der Waals surface area contributed by atoms with E-state index in [4.69, 9.17) is 0 Å². The van der Waals surface area contributed by atoms with Gasteiger partial charge in [0.05, 0.1) is 0 Å². The number of nitrogens with one attached hydrogen (secondary N) is 2. The average Bonchev–Trinajstić information content (AvgIpc) is 2.57. The average molecular weight is 254 g/mol. The topological polar surface area (TPSA) is 39.7 Å². The van der Waals surface area contributed by atoms with Crippen LogP contribution in [-0.4, -0.2) is 49.6 Å². The molecule has 0 radical (unpaired) electrons. The monoisotopic (exact) mass is 254 g/mol. The van der Waals surface area contributed by atoms with Gasteiger partial charge in [-0.2, -0.15) is 0 Å². The third kappa shape index (κ3) is 5.25. The lowest BCUT2D eigenvalue weighted by atomic mass is 9.93.